The van der Waals surface area contributed by atoms with Crippen LogP contribution >= 0.6 is 0 Å². The Balaban J connectivity index is 0.956. The lowest BCUT2D eigenvalue weighted by Crippen LogP contribution is -2.28. The van der Waals surface area contributed by atoms with E-state index in [1.807, 2.05) is 0 Å². The number of hydrogen-bond acceptors (Lipinski definition) is 4. The molecule has 0 radical (unpaired) electrons. The Bertz CT molecular complexity index is 3380. The molecule has 1 aliphatic rings. The summed E-state index contributed by atoms with van der Waals surface area (Å²) in [6.45, 7) is 5.98. The van der Waals surface area contributed by atoms with E-state index in [4.69, 9.17) is 9.47 Å². The average molecular weight is 1110 g/mol. The summed E-state index contributed by atoms with van der Waals surface area (Å²) in [5, 5.41) is 0. The van der Waals surface area contributed by atoms with Crippen LogP contribution in [-0.4, -0.2) is 13.2 Å². The third kappa shape index (κ3) is 13.9. The van der Waals surface area contributed by atoms with Gasteiger partial charge in [0.25, 0.3) is 0 Å². The van der Waals surface area contributed by atoms with Gasteiger partial charge in [0.2, 0.25) is 0 Å². The molecule has 0 saturated carbocycles. The van der Waals surface area contributed by atoms with Gasteiger partial charge in [-0.05, 0) is 178 Å². The first kappa shape index (κ1) is 57.7. The van der Waals surface area contributed by atoms with Gasteiger partial charge in [-0.25, -0.2) is 0 Å². The van der Waals surface area contributed by atoms with E-state index in [0.717, 1.165) is 93.9 Å². The molecule has 0 fully saturated rings. The number of para-hydroxylation sites is 4. The van der Waals surface area contributed by atoms with Crippen LogP contribution in [0.2, 0.25) is 0 Å². The molecule has 11 rings (SSSR count). The highest BCUT2D eigenvalue weighted by Gasteiger charge is 2.46. The SMILES string of the molecule is CCCCCCCCOc1ccc(C2(c3ccc(OCCCCCCCC)cc3)c3cc(/C=C/c4ccc(N(c5ccccc5)c5ccccc5)cc4)ccc3-c3ccc(/C=C/c4ccc(N(c5ccccc5)c5ccccc5)cc4)cc32)cc1. The number of ether oxygens (including phenoxy) is 2. The second kappa shape index (κ2) is 28.9. The smallest absolute Gasteiger partial charge is 0.119 e. The van der Waals surface area contributed by atoms with Crippen molar-refractivity contribution in [2.75, 3.05) is 23.0 Å². The Morgan fingerprint density at radius 2 is 0.588 bits per heavy atom. The fraction of sp³-hybridized carbons (Fsp3) is 0.210. The fourth-order valence-corrected chi connectivity index (χ4v) is 12.2. The number of rotatable bonds is 28. The minimum absolute atomic E-state index is 0.673. The van der Waals surface area contributed by atoms with Crippen LogP contribution in [0.15, 0.2) is 255 Å². The fourth-order valence-electron chi connectivity index (χ4n) is 12.2. The molecule has 0 bridgehead atoms. The van der Waals surface area contributed by atoms with Gasteiger partial charge in [-0.1, -0.05) is 248 Å². The summed E-state index contributed by atoms with van der Waals surface area (Å²) in [6.07, 6.45) is 23.8. The number of hydrogen-bond donors (Lipinski definition) is 0. The van der Waals surface area contributed by atoms with Gasteiger partial charge >= 0.3 is 0 Å². The summed E-state index contributed by atoms with van der Waals surface area (Å²) in [5.41, 5.74) is 17.9. The van der Waals surface area contributed by atoms with Gasteiger partial charge in [0.1, 0.15) is 11.5 Å². The molecule has 0 N–H and O–H groups in total. The largest absolute Gasteiger partial charge is 0.494 e. The van der Waals surface area contributed by atoms with Crippen LogP contribution in [0.3, 0.4) is 0 Å². The van der Waals surface area contributed by atoms with E-state index in [0.29, 0.717) is 0 Å². The summed E-state index contributed by atoms with van der Waals surface area (Å²) in [6, 6.07) is 92.3. The molecule has 4 heteroatoms. The second-order valence-electron chi connectivity index (χ2n) is 22.5. The van der Waals surface area contributed by atoms with E-state index in [2.05, 4.69) is 303 Å². The minimum atomic E-state index is -0.673. The predicted molar refractivity (Wildman–Crippen MR) is 362 cm³/mol. The maximum absolute atomic E-state index is 6.47. The normalized spacial score (nSPS) is 12.3. The Kier molecular flexibility index (Phi) is 19.6. The van der Waals surface area contributed by atoms with Crippen LogP contribution in [0, 0.1) is 0 Å². The molecule has 4 nitrogen and oxygen atoms in total. The first-order chi connectivity index (χ1) is 42.1. The Hall–Kier alpha value is -9.12. The number of nitrogens with zero attached hydrogens (tertiary/aromatic N) is 2. The Morgan fingerprint density at radius 1 is 0.294 bits per heavy atom. The molecule has 0 aliphatic heterocycles. The highest BCUT2D eigenvalue weighted by atomic mass is 16.5. The average Bonchev–Trinajstić information content (AvgIpc) is 1.92. The van der Waals surface area contributed by atoms with Crippen molar-refractivity contribution in [3.05, 3.63) is 299 Å². The molecule has 426 valence electrons. The number of benzene rings is 10. The van der Waals surface area contributed by atoms with Gasteiger partial charge in [-0.2, -0.15) is 0 Å². The third-order valence-electron chi connectivity index (χ3n) is 16.6. The first-order valence-corrected chi connectivity index (χ1v) is 31.2. The highest BCUT2D eigenvalue weighted by Crippen LogP contribution is 2.57. The molecule has 0 amide bonds. The van der Waals surface area contributed by atoms with Gasteiger partial charge < -0.3 is 19.3 Å². The van der Waals surface area contributed by atoms with Crippen LogP contribution in [0.4, 0.5) is 34.1 Å². The van der Waals surface area contributed by atoms with Crippen molar-refractivity contribution < 1.29 is 9.47 Å². The van der Waals surface area contributed by atoms with E-state index in [9.17, 15) is 0 Å². The second-order valence-corrected chi connectivity index (χ2v) is 22.5. The van der Waals surface area contributed by atoms with Crippen molar-refractivity contribution in [2.24, 2.45) is 0 Å². The lowest BCUT2D eigenvalue weighted by atomic mass is 9.67. The lowest BCUT2D eigenvalue weighted by Gasteiger charge is -2.34. The molecule has 0 aromatic heterocycles. The third-order valence-corrected chi connectivity index (χ3v) is 16.6. The summed E-state index contributed by atoms with van der Waals surface area (Å²) in [4.78, 5) is 4.61. The van der Waals surface area contributed by atoms with Gasteiger partial charge in [0.15, 0.2) is 0 Å². The van der Waals surface area contributed by atoms with Crippen LogP contribution in [-0.2, 0) is 5.41 Å². The summed E-state index contributed by atoms with van der Waals surface area (Å²) in [7, 11) is 0. The first-order valence-electron chi connectivity index (χ1n) is 31.2. The summed E-state index contributed by atoms with van der Waals surface area (Å²) in [5.74, 6) is 1.81. The van der Waals surface area contributed by atoms with Gasteiger partial charge in [0.05, 0.1) is 18.6 Å². The van der Waals surface area contributed by atoms with Crippen molar-refractivity contribution in [1.29, 1.82) is 0 Å². The Morgan fingerprint density at radius 3 is 0.929 bits per heavy atom. The number of anilines is 6. The molecule has 10 aromatic carbocycles. The molecule has 0 spiro atoms. The molecule has 0 heterocycles. The van der Waals surface area contributed by atoms with Crippen LogP contribution in [0.25, 0.3) is 35.4 Å². The van der Waals surface area contributed by atoms with Crippen molar-refractivity contribution in [1.82, 2.24) is 0 Å². The zero-order valence-corrected chi connectivity index (χ0v) is 49.7. The topological polar surface area (TPSA) is 24.9 Å². The molecule has 0 saturated heterocycles. The summed E-state index contributed by atoms with van der Waals surface area (Å²) >= 11 is 0. The number of fused-ring (bicyclic) bond motifs is 3. The molecular formula is C81H80N2O2. The standard InChI is InChI=1S/C81H80N2O2/c1-3-5-7-9-11-25-59-84-75-53-45-67(46-54-75)81(68-47-55-76(56-48-68)85-60-26-12-10-8-6-4-2)79-61-65(37-35-63-39-49-73(50-40-63)82(69-27-17-13-18-28-69)70-29-19-14-20-30-70)43-57-77(79)78-58-44-66(62-80(78)81)38-36-64-41-51-74(52-42-64)83(71-31-21-15-22-32-71)72-33-23-16-24-34-72/h13-24,27-58,61-62H,3-12,25-26,59-60H2,1-2H3/b37-35+,38-36+. The summed E-state index contributed by atoms with van der Waals surface area (Å²) < 4.78 is 12.9. The molecular weight excluding hydrogens is 1030 g/mol. The molecule has 85 heavy (non-hydrogen) atoms. The van der Waals surface area contributed by atoms with Crippen molar-refractivity contribution >= 4 is 58.4 Å². The van der Waals surface area contributed by atoms with Gasteiger partial charge in [0, 0.05) is 34.1 Å². The maximum atomic E-state index is 6.47. The van der Waals surface area contributed by atoms with Crippen molar-refractivity contribution in [2.45, 2.75) is 96.3 Å². The maximum Gasteiger partial charge on any atom is 0.119 e. The van der Waals surface area contributed by atoms with Crippen LogP contribution < -0.4 is 19.3 Å². The minimum Gasteiger partial charge on any atom is -0.494 e. The van der Waals surface area contributed by atoms with E-state index in [1.54, 1.807) is 0 Å². The van der Waals surface area contributed by atoms with E-state index in [-0.39, 0.29) is 0 Å². The van der Waals surface area contributed by atoms with Crippen LogP contribution in [0.1, 0.15) is 135 Å². The lowest BCUT2D eigenvalue weighted by molar-refractivity contribution is 0.304. The van der Waals surface area contributed by atoms with Crippen molar-refractivity contribution in [3.8, 4) is 22.6 Å². The van der Waals surface area contributed by atoms with E-state index < -0.39 is 5.41 Å². The monoisotopic (exact) mass is 1110 g/mol. The highest BCUT2D eigenvalue weighted by molar-refractivity contribution is 5.90. The van der Waals surface area contributed by atoms with Crippen LogP contribution in [0.5, 0.6) is 11.5 Å². The quantitative estimate of drug-likeness (QED) is 0.0360. The molecule has 10 aromatic rings. The number of unbranched alkanes of at least 4 members (excludes halogenated alkanes) is 10. The molecule has 1 aliphatic carbocycles. The Labute approximate surface area is 506 Å². The van der Waals surface area contributed by atoms with E-state index >= 15 is 0 Å². The van der Waals surface area contributed by atoms with Crippen molar-refractivity contribution in [3.63, 3.8) is 0 Å². The zero-order chi connectivity index (χ0) is 57.9. The van der Waals surface area contributed by atoms with Gasteiger partial charge in [-0.3, -0.25) is 0 Å². The molecule has 0 atom stereocenters. The van der Waals surface area contributed by atoms with E-state index in [1.165, 1.54) is 97.6 Å². The van der Waals surface area contributed by atoms with Gasteiger partial charge in [-0.15, -0.1) is 0 Å². The zero-order valence-electron chi connectivity index (χ0n) is 49.7. The molecule has 0 unspecified atom stereocenters. The predicted octanol–water partition coefficient (Wildman–Crippen LogP) is 22.8.